The van der Waals surface area contributed by atoms with Gasteiger partial charge in [-0.2, -0.15) is 9.90 Å². The highest BCUT2D eigenvalue weighted by Gasteiger charge is 2.27. The quantitative estimate of drug-likeness (QED) is 0.862. The Kier molecular flexibility index (Phi) is 5.74. The maximum absolute atomic E-state index is 12.9. The second-order valence-electron chi connectivity index (χ2n) is 4.10. The third-order valence-electron chi connectivity index (χ3n) is 2.52. The van der Waals surface area contributed by atoms with E-state index in [1.54, 1.807) is 24.3 Å². The van der Waals surface area contributed by atoms with Gasteiger partial charge in [-0.1, -0.05) is 18.2 Å². The normalized spacial score (nSPS) is 10.8. The fourth-order valence-electron chi connectivity index (χ4n) is 1.43. The van der Waals surface area contributed by atoms with Crippen molar-refractivity contribution >= 4 is 18.3 Å². The predicted octanol–water partition coefficient (Wildman–Crippen LogP) is 1.01. The molecule has 0 saturated carbocycles. The molecule has 0 aliphatic carbocycles. The number of nitrogens with two attached hydrogens (primary N) is 1. The van der Waals surface area contributed by atoms with Gasteiger partial charge in [0.15, 0.2) is 5.69 Å². The van der Waals surface area contributed by atoms with Gasteiger partial charge >= 0.3 is 0 Å². The summed E-state index contributed by atoms with van der Waals surface area (Å²) in [4.78, 5) is 12.9. The summed E-state index contributed by atoms with van der Waals surface area (Å²) in [7, 11) is 0. The van der Waals surface area contributed by atoms with E-state index in [0.717, 1.165) is 0 Å². The Morgan fingerprint density at radius 3 is 2.62 bits per heavy atom. The van der Waals surface area contributed by atoms with Crippen molar-refractivity contribution in [2.75, 3.05) is 13.1 Å². The molecule has 1 amide bonds. The van der Waals surface area contributed by atoms with Gasteiger partial charge in [-0.3, -0.25) is 4.79 Å². The number of carbonyl (C=O) groups excluding carboxylic acids is 1. The number of carbonyl (C=O) groups is 1. The van der Waals surface area contributed by atoms with Crippen LogP contribution in [0.3, 0.4) is 0 Å². The first-order valence-corrected chi connectivity index (χ1v) is 5.86. The van der Waals surface area contributed by atoms with E-state index in [-0.39, 0.29) is 18.1 Å². The van der Waals surface area contributed by atoms with Gasteiger partial charge in [0.1, 0.15) is 0 Å². The Bertz CT molecular complexity index is 590. The van der Waals surface area contributed by atoms with E-state index in [1.807, 2.05) is 6.07 Å². The van der Waals surface area contributed by atoms with E-state index in [0.29, 0.717) is 5.69 Å². The minimum Gasteiger partial charge on any atom is -0.344 e. The van der Waals surface area contributed by atoms with Crippen molar-refractivity contribution in [2.24, 2.45) is 5.73 Å². The minimum absolute atomic E-state index is 0. The summed E-state index contributed by atoms with van der Waals surface area (Å²) >= 11 is 0. The Balaban J connectivity index is 0.00000220. The molecule has 114 valence electrons. The molecule has 0 spiro atoms. The van der Waals surface area contributed by atoms with Gasteiger partial charge in [0.25, 0.3) is 11.8 Å². The first-order valence-electron chi connectivity index (χ1n) is 5.86. The van der Waals surface area contributed by atoms with Gasteiger partial charge in [0.05, 0.1) is 25.0 Å². The Morgan fingerprint density at radius 2 is 2.00 bits per heavy atom. The lowest BCUT2D eigenvalue weighted by atomic mass is 10.3. The number of para-hydroxylation sites is 1. The molecule has 2 aromatic rings. The lowest BCUT2D eigenvalue weighted by molar-refractivity contribution is 0.0118. The van der Waals surface area contributed by atoms with Crippen LogP contribution in [0.1, 0.15) is 10.5 Å². The molecule has 6 nitrogen and oxygen atoms in total. The van der Waals surface area contributed by atoms with Crippen LogP contribution in [0.2, 0.25) is 0 Å². The number of rotatable bonds is 5. The molecule has 0 saturated heterocycles. The molecule has 3 N–H and O–H groups in total. The van der Waals surface area contributed by atoms with E-state index in [9.17, 15) is 13.6 Å². The van der Waals surface area contributed by atoms with E-state index < -0.39 is 24.9 Å². The van der Waals surface area contributed by atoms with E-state index in [4.69, 9.17) is 5.73 Å². The van der Waals surface area contributed by atoms with Crippen LogP contribution in [0, 0.1) is 0 Å². The Morgan fingerprint density at radius 1 is 1.33 bits per heavy atom. The number of alkyl halides is 2. The van der Waals surface area contributed by atoms with Crippen LogP contribution < -0.4 is 11.1 Å². The zero-order valence-corrected chi connectivity index (χ0v) is 11.7. The third kappa shape index (κ3) is 4.47. The number of hydrogen-bond donors (Lipinski definition) is 2. The summed E-state index contributed by atoms with van der Waals surface area (Å²) in [6.07, 6.45) is 1.21. The zero-order chi connectivity index (χ0) is 14.6. The van der Waals surface area contributed by atoms with Crippen LogP contribution in [0.4, 0.5) is 8.78 Å². The van der Waals surface area contributed by atoms with Gasteiger partial charge in [-0.05, 0) is 12.1 Å². The molecule has 1 heterocycles. The lowest BCUT2D eigenvalue weighted by Crippen LogP contribution is -2.41. The number of benzene rings is 1. The molecule has 0 aliphatic rings. The summed E-state index contributed by atoms with van der Waals surface area (Å²) in [5, 5.41) is 9.90. The van der Waals surface area contributed by atoms with Gasteiger partial charge in [0, 0.05) is 0 Å². The zero-order valence-electron chi connectivity index (χ0n) is 10.9. The summed E-state index contributed by atoms with van der Waals surface area (Å²) in [5.41, 5.74) is 5.50. The van der Waals surface area contributed by atoms with Crippen molar-refractivity contribution in [3.8, 4) is 5.69 Å². The average molecular weight is 318 g/mol. The Labute approximate surface area is 125 Å². The SMILES string of the molecule is Cl.NCC(F)(F)CNC(=O)c1cnn(-c2ccccc2)n1. The van der Waals surface area contributed by atoms with Gasteiger partial charge in [-0.25, -0.2) is 8.78 Å². The first-order chi connectivity index (χ1) is 9.52. The second-order valence-corrected chi connectivity index (χ2v) is 4.10. The Hall–Kier alpha value is -2.06. The van der Waals surface area contributed by atoms with E-state index in [1.165, 1.54) is 11.0 Å². The molecule has 0 bridgehead atoms. The first kappa shape index (κ1) is 17.0. The van der Waals surface area contributed by atoms with Crippen molar-refractivity contribution in [2.45, 2.75) is 5.92 Å². The highest BCUT2D eigenvalue weighted by molar-refractivity contribution is 5.91. The van der Waals surface area contributed by atoms with E-state index in [2.05, 4.69) is 15.5 Å². The monoisotopic (exact) mass is 317 g/mol. The molecule has 9 heteroatoms. The topological polar surface area (TPSA) is 85.8 Å². The fourth-order valence-corrected chi connectivity index (χ4v) is 1.43. The maximum atomic E-state index is 12.9. The van der Waals surface area contributed by atoms with Crippen LogP contribution in [-0.4, -0.2) is 39.9 Å². The molecule has 2 rings (SSSR count). The van der Waals surface area contributed by atoms with Crippen LogP contribution >= 0.6 is 12.4 Å². The number of hydrogen-bond acceptors (Lipinski definition) is 4. The minimum atomic E-state index is -3.13. The lowest BCUT2D eigenvalue weighted by Gasteiger charge is -2.13. The third-order valence-corrected chi connectivity index (χ3v) is 2.52. The van der Waals surface area contributed by atoms with Crippen molar-refractivity contribution in [1.82, 2.24) is 20.3 Å². The standard InChI is InChI=1S/C12H13F2N5O.ClH/c13-12(14,7-15)8-16-11(20)10-6-17-19(18-10)9-4-2-1-3-5-9;/h1-6H,7-8,15H2,(H,16,20);1H. The molecular formula is C12H14ClF2N5O. The largest absolute Gasteiger partial charge is 0.344 e. The highest BCUT2D eigenvalue weighted by atomic mass is 35.5. The second kappa shape index (κ2) is 7.09. The molecule has 0 fully saturated rings. The van der Waals surface area contributed by atoms with Crippen LogP contribution in [0.25, 0.3) is 5.69 Å². The number of halogens is 3. The molecule has 21 heavy (non-hydrogen) atoms. The van der Waals surface area contributed by atoms with Crippen molar-refractivity contribution in [3.63, 3.8) is 0 Å². The van der Waals surface area contributed by atoms with Gasteiger partial charge < -0.3 is 11.1 Å². The van der Waals surface area contributed by atoms with Crippen molar-refractivity contribution in [1.29, 1.82) is 0 Å². The van der Waals surface area contributed by atoms with Crippen molar-refractivity contribution < 1.29 is 13.6 Å². The highest BCUT2D eigenvalue weighted by Crippen LogP contribution is 2.09. The molecule has 0 unspecified atom stereocenters. The molecule has 0 radical (unpaired) electrons. The number of nitrogens with one attached hydrogen (secondary N) is 1. The number of amides is 1. The van der Waals surface area contributed by atoms with Crippen molar-refractivity contribution in [3.05, 3.63) is 42.2 Å². The van der Waals surface area contributed by atoms with Crippen LogP contribution in [0.5, 0.6) is 0 Å². The fraction of sp³-hybridized carbons (Fsp3) is 0.250. The molecular weight excluding hydrogens is 304 g/mol. The maximum Gasteiger partial charge on any atom is 0.277 e. The van der Waals surface area contributed by atoms with Crippen LogP contribution in [0.15, 0.2) is 36.5 Å². The number of aromatic nitrogens is 3. The summed E-state index contributed by atoms with van der Waals surface area (Å²) in [6.45, 7) is -1.66. The molecule has 1 aromatic carbocycles. The van der Waals surface area contributed by atoms with E-state index >= 15 is 0 Å². The summed E-state index contributed by atoms with van der Waals surface area (Å²) in [6, 6.07) is 8.92. The summed E-state index contributed by atoms with van der Waals surface area (Å²) in [5.74, 6) is -3.86. The van der Waals surface area contributed by atoms with Crippen LogP contribution in [-0.2, 0) is 0 Å². The predicted molar refractivity (Wildman–Crippen MR) is 74.9 cm³/mol. The van der Waals surface area contributed by atoms with Gasteiger partial charge in [-0.15, -0.1) is 17.5 Å². The smallest absolute Gasteiger partial charge is 0.277 e. The molecule has 1 aromatic heterocycles. The molecule has 0 atom stereocenters. The summed E-state index contributed by atoms with van der Waals surface area (Å²) < 4.78 is 25.8. The average Bonchev–Trinajstić information content (AvgIpc) is 2.96. The molecule has 0 aliphatic heterocycles. The number of nitrogens with zero attached hydrogens (tertiary/aromatic N) is 3. The van der Waals surface area contributed by atoms with Gasteiger partial charge in [0.2, 0.25) is 0 Å².